The minimum Gasteiger partial charge on any atom is -0.479 e. The van der Waals surface area contributed by atoms with Crippen molar-refractivity contribution < 1.29 is 17.9 Å². The number of amides is 1. The lowest BCUT2D eigenvalue weighted by molar-refractivity contribution is -0.130. The molecule has 1 aromatic carbocycles. The molecule has 1 N–H and O–H groups in total. The van der Waals surface area contributed by atoms with Crippen LogP contribution in [0, 0.1) is 23.2 Å². The smallest absolute Gasteiger partial charge is 0.261 e. The zero-order chi connectivity index (χ0) is 20.0. The van der Waals surface area contributed by atoms with Crippen molar-refractivity contribution in [2.75, 3.05) is 25.9 Å². The highest BCUT2D eigenvalue weighted by atomic mass is 32.2. The van der Waals surface area contributed by atoms with Gasteiger partial charge in [-0.15, -0.1) is 0 Å². The molecule has 0 aliphatic carbocycles. The Labute approximate surface area is 161 Å². The Balaban J connectivity index is 1.92. The third kappa shape index (κ3) is 5.94. The Morgan fingerprint density at radius 2 is 1.96 bits per heavy atom. The minimum absolute atomic E-state index is 0.0659. The van der Waals surface area contributed by atoms with Crippen molar-refractivity contribution in [3.8, 4) is 11.8 Å². The van der Waals surface area contributed by atoms with Crippen LogP contribution in [0.1, 0.15) is 32.3 Å². The number of para-hydroxylation sites is 1. The molecule has 1 fully saturated rings. The van der Waals surface area contributed by atoms with Crippen LogP contribution in [0.25, 0.3) is 0 Å². The summed E-state index contributed by atoms with van der Waals surface area (Å²) in [6, 6.07) is 8.92. The van der Waals surface area contributed by atoms with E-state index in [4.69, 9.17) is 4.74 Å². The van der Waals surface area contributed by atoms with Gasteiger partial charge in [-0.2, -0.15) is 5.26 Å². The number of piperidine rings is 1. The zero-order valence-electron chi connectivity index (χ0n) is 16.0. The third-order valence-electron chi connectivity index (χ3n) is 4.73. The van der Waals surface area contributed by atoms with E-state index in [9.17, 15) is 18.5 Å². The second kappa shape index (κ2) is 9.20. The molecule has 1 saturated heterocycles. The first kappa shape index (κ1) is 21.2. The SMILES string of the molecule is CC(C)[C@@H](Oc1ccccc1C#N)C(=O)NCC1CCN(S(C)(=O)=O)CC1. The van der Waals surface area contributed by atoms with Crippen LogP contribution in [0.5, 0.6) is 5.75 Å². The number of nitriles is 1. The first-order valence-electron chi connectivity index (χ1n) is 9.11. The summed E-state index contributed by atoms with van der Waals surface area (Å²) in [7, 11) is -3.15. The topological polar surface area (TPSA) is 99.5 Å². The van der Waals surface area contributed by atoms with Gasteiger partial charge in [-0.25, -0.2) is 12.7 Å². The average molecular weight is 394 g/mol. The number of carbonyl (C=O) groups excluding carboxylic acids is 1. The van der Waals surface area contributed by atoms with E-state index in [2.05, 4.69) is 11.4 Å². The molecule has 0 saturated carbocycles. The van der Waals surface area contributed by atoms with E-state index < -0.39 is 16.1 Å². The van der Waals surface area contributed by atoms with Crippen LogP contribution < -0.4 is 10.1 Å². The Kier molecular flexibility index (Phi) is 7.22. The molecule has 0 unspecified atom stereocenters. The molecular weight excluding hydrogens is 366 g/mol. The maximum absolute atomic E-state index is 12.6. The fourth-order valence-corrected chi connectivity index (χ4v) is 3.96. The lowest BCUT2D eigenvalue weighted by atomic mass is 9.97. The highest BCUT2D eigenvalue weighted by Crippen LogP contribution is 2.22. The summed E-state index contributed by atoms with van der Waals surface area (Å²) in [5, 5.41) is 12.1. The van der Waals surface area contributed by atoms with Gasteiger partial charge in [-0.05, 0) is 36.8 Å². The largest absolute Gasteiger partial charge is 0.479 e. The lowest BCUT2D eigenvalue weighted by Gasteiger charge is -2.31. The number of carbonyl (C=O) groups is 1. The number of ether oxygens (including phenoxy) is 1. The number of sulfonamides is 1. The number of hydrogen-bond acceptors (Lipinski definition) is 5. The quantitative estimate of drug-likeness (QED) is 0.761. The van der Waals surface area contributed by atoms with Crippen molar-refractivity contribution >= 4 is 15.9 Å². The average Bonchev–Trinajstić information content (AvgIpc) is 2.63. The molecule has 1 amide bonds. The zero-order valence-corrected chi connectivity index (χ0v) is 16.8. The van der Waals surface area contributed by atoms with Crippen molar-refractivity contribution in [2.24, 2.45) is 11.8 Å². The summed E-state index contributed by atoms with van der Waals surface area (Å²) >= 11 is 0. The summed E-state index contributed by atoms with van der Waals surface area (Å²) in [6.07, 6.45) is 1.96. The van der Waals surface area contributed by atoms with E-state index in [1.807, 2.05) is 13.8 Å². The molecule has 0 spiro atoms. The Morgan fingerprint density at radius 1 is 1.33 bits per heavy atom. The molecule has 1 aromatic rings. The standard InChI is InChI=1S/C19H27N3O4S/c1-14(2)18(26-17-7-5-4-6-16(17)12-20)19(23)21-13-15-8-10-22(11-9-15)27(3,24)25/h4-7,14-15,18H,8-11,13H2,1-3H3,(H,21,23)/t18-/m1/s1. The van der Waals surface area contributed by atoms with Gasteiger partial charge in [0.1, 0.15) is 11.8 Å². The molecule has 1 heterocycles. The van der Waals surface area contributed by atoms with E-state index in [0.29, 0.717) is 30.9 Å². The molecule has 2 rings (SSSR count). The van der Waals surface area contributed by atoms with Crippen molar-refractivity contribution in [3.05, 3.63) is 29.8 Å². The second-order valence-electron chi connectivity index (χ2n) is 7.24. The molecule has 0 bridgehead atoms. The van der Waals surface area contributed by atoms with Gasteiger partial charge in [0.05, 0.1) is 11.8 Å². The summed E-state index contributed by atoms with van der Waals surface area (Å²) < 4.78 is 30.4. The molecule has 1 atom stereocenters. The van der Waals surface area contributed by atoms with Gasteiger partial charge in [0.2, 0.25) is 10.0 Å². The van der Waals surface area contributed by atoms with Crippen molar-refractivity contribution in [1.29, 1.82) is 5.26 Å². The van der Waals surface area contributed by atoms with Gasteiger partial charge in [-0.1, -0.05) is 26.0 Å². The van der Waals surface area contributed by atoms with Gasteiger partial charge in [-0.3, -0.25) is 4.79 Å². The van der Waals surface area contributed by atoms with Crippen molar-refractivity contribution in [2.45, 2.75) is 32.8 Å². The molecular formula is C19H27N3O4S. The number of benzene rings is 1. The lowest BCUT2D eigenvalue weighted by Crippen LogP contribution is -2.45. The monoisotopic (exact) mass is 393 g/mol. The minimum atomic E-state index is -3.15. The van der Waals surface area contributed by atoms with Crippen LogP contribution >= 0.6 is 0 Å². The number of nitrogens with one attached hydrogen (secondary N) is 1. The van der Waals surface area contributed by atoms with E-state index in [1.54, 1.807) is 24.3 Å². The van der Waals surface area contributed by atoms with Crippen LogP contribution in [0.15, 0.2) is 24.3 Å². The van der Waals surface area contributed by atoms with Gasteiger partial charge in [0.15, 0.2) is 6.10 Å². The second-order valence-corrected chi connectivity index (χ2v) is 9.22. The van der Waals surface area contributed by atoms with Gasteiger partial charge in [0.25, 0.3) is 5.91 Å². The Bertz CT molecular complexity index is 793. The van der Waals surface area contributed by atoms with E-state index in [1.165, 1.54) is 10.6 Å². The molecule has 7 nitrogen and oxygen atoms in total. The van der Waals surface area contributed by atoms with Gasteiger partial charge in [0, 0.05) is 19.6 Å². The molecule has 0 radical (unpaired) electrons. The molecule has 0 aromatic heterocycles. The summed E-state index contributed by atoms with van der Waals surface area (Å²) in [5.74, 6) is 0.355. The molecule has 1 aliphatic heterocycles. The van der Waals surface area contributed by atoms with Crippen LogP contribution in [-0.2, 0) is 14.8 Å². The predicted molar refractivity (Wildman–Crippen MR) is 103 cm³/mol. The molecule has 148 valence electrons. The first-order valence-corrected chi connectivity index (χ1v) is 11.0. The van der Waals surface area contributed by atoms with Gasteiger partial charge < -0.3 is 10.1 Å². The Morgan fingerprint density at radius 3 is 2.52 bits per heavy atom. The number of hydrogen-bond donors (Lipinski definition) is 1. The molecule has 8 heteroatoms. The van der Waals surface area contributed by atoms with E-state index in [0.717, 1.165) is 12.8 Å². The fraction of sp³-hybridized carbons (Fsp3) is 0.579. The highest BCUT2D eigenvalue weighted by Gasteiger charge is 2.28. The summed E-state index contributed by atoms with van der Waals surface area (Å²) in [6.45, 7) is 5.24. The van der Waals surface area contributed by atoms with Crippen LogP contribution in [0.2, 0.25) is 0 Å². The third-order valence-corrected chi connectivity index (χ3v) is 6.04. The number of nitrogens with zero attached hydrogens (tertiary/aromatic N) is 2. The highest BCUT2D eigenvalue weighted by molar-refractivity contribution is 7.88. The van der Waals surface area contributed by atoms with E-state index in [-0.39, 0.29) is 17.7 Å². The van der Waals surface area contributed by atoms with E-state index >= 15 is 0 Å². The Hall–Kier alpha value is -2.11. The fourth-order valence-electron chi connectivity index (χ4n) is 3.08. The summed E-state index contributed by atoms with van der Waals surface area (Å²) in [4.78, 5) is 12.6. The van der Waals surface area contributed by atoms with Crippen molar-refractivity contribution in [3.63, 3.8) is 0 Å². The normalized spacial score (nSPS) is 17.3. The summed E-state index contributed by atoms with van der Waals surface area (Å²) in [5.41, 5.74) is 0.393. The van der Waals surface area contributed by atoms with Crippen LogP contribution in [0.4, 0.5) is 0 Å². The first-order chi connectivity index (χ1) is 12.7. The molecule has 1 aliphatic rings. The maximum Gasteiger partial charge on any atom is 0.261 e. The van der Waals surface area contributed by atoms with Crippen LogP contribution in [0.3, 0.4) is 0 Å². The van der Waals surface area contributed by atoms with Crippen molar-refractivity contribution in [1.82, 2.24) is 9.62 Å². The maximum atomic E-state index is 12.6. The predicted octanol–water partition coefficient (Wildman–Crippen LogP) is 1.75. The van der Waals surface area contributed by atoms with Gasteiger partial charge >= 0.3 is 0 Å². The number of rotatable bonds is 7. The molecule has 27 heavy (non-hydrogen) atoms. The van der Waals surface area contributed by atoms with Crippen LogP contribution in [-0.4, -0.2) is 50.6 Å².